The van der Waals surface area contributed by atoms with E-state index < -0.39 is 6.17 Å². The van der Waals surface area contributed by atoms with E-state index in [1.165, 1.54) is 0 Å². The summed E-state index contributed by atoms with van der Waals surface area (Å²) in [5.41, 5.74) is -0.216. The van der Waals surface area contributed by atoms with Crippen LogP contribution in [0.5, 0.6) is 0 Å². The van der Waals surface area contributed by atoms with E-state index in [1.54, 1.807) is 11.8 Å². The molecule has 2 rings (SSSR count). The maximum Gasteiger partial charge on any atom is 0.409 e. The van der Waals surface area contributed by atoms with Crippen LogP contribution in [-0.2, 0) is 4.74 Å². The molecule has 1 amide bonds. The summed E-state index contributed by atoms with van der Waals surface area (Å²) in [4.78, 5) is 12.9. The highest BCUT2D eigenvalue weighted by molar-refractivity contribution is 5.69. The first-order chi connectivity index (χ1) is 6.68. The fourth-order valence-corrected chi connectivity index (χ4v) is 2.51. The maximum atomic E-state index is 13.5. The lowest BCUT2D eigenvalue weighted by molar-refractivity contribution is -0.0358. The number of halogens is 1. The van der Waals surface area contributed by atoms with Crippen LogP contribution in [0.1, 0.15) is 26.2 Å². The average molecular weight is 201 g/mol. The summed E-state index contributed by atoms with van der Waals surface area (Å²) in [6.45, 7) is 3.27. The van der Waals surface area contributed by atoms with Crippen LogP contribution in [0.4, 0.5) is 9.18 Å². The Labute approximate surface area is 83.2 Å². The number of hydrogen-bond donors (Lipinski definition) is 0. The molecule has 1 heterocycles. The van der Waals surface area contributed by atoms with Gasteiger partial charge in [0, 0.05) is 18.5 Å². The van der Waals surface area contributed by atoms with Crippen molar-refractivity contribution in [3.05, 3.63) is 0 Å². The number of likely N-dealkylation sites (tertiary alicyclic amines) is 1. The summed E-state index contributed by atoms with van der Waals surface area (Å²) in [5, 5.41) is 0. The summed E-state index contributed by atoms with van der Waals surface area (Å²) in [7, 11) is 0. The number of rotatable bonds is 1. The fourth-order valence-electron chi connectivity index (χ4n) is 2.51. The van der Waals surface area contributed by atoms with Crippen LogP contribution in [0, 0.1) is 5.41 Å². The van der Waals surface area contributed by atoms with Crippen LogP contribution in [0.3, 0.4) is 0 Å². The Morgan fingerprint density at radius 3 is 2.86 bits per heavy atom. The zero-order valence-electron chi connectivity index (χ0n) is 8.46. The third-order valence-corrected chi connectivity index (χ3v) is 3.33. The molecule has 0 radical (unpaired) electrons. The molecule has 1 aliphatic carbocycles. The van der Waals surface area contributed by atoms with E-state index in [-0.39, 0.29) is 11.5 Å². The second-order valence-electron chi connectivity index (χ2n) is 4.28. The van der Waals surface area contributed by atoms with Crippen LogP contribution >= 0.6 is 0 Å². The minimum Gasteiger partial charge on any atom is -0.450 e. The van der Waals surface area contributed by atoms with Gasteiger partial charge < -0.3 is 9.64 Å². The van der Waals surface area contributed by atoms with Crippen LogP contribution in [0.15, 0.2) is 0 Å². The van der Waals surface area contributed by atoms with Crippen molar-refractivity contribution in [2.24, 2.45) is 5.41 Å². The van der Waals surface area contributed by atoms with Gasteiger partial charge in [-0.25, -0.2) is 9.18 Å². The second kappa shape index (κ2) is 3.41. The molecule has 1 unspecified atom stereocenters. The highest BCUT2D eigenvalue weighted by atomic mass is 19.1. The van der Waals surface area contributed by atoms with Crippen molar-refractivity contribution >= 4 is 6.09 Å². The summed E-state index contributed by atoms with van der Waals surface area (Å²) >= 11 is 0. The second-order valence-corrected chi connectivity index (χ2v) is 4.28. The predicted molar refractivity (Wildman–Crippen MR) is 49.8 cm³/mol. The minimum absolute atomic E-state index is 0.216. The van der Waals surface area contributed by atoms with E-state index in [0.29, 0.717) is 26.1 Å². The molecule has 0 aromatic carbocycles. The number of nitrogens with zero attached hydrogens (tertiary/aromatic N) is 1. The third-order valence-electron chi connectivity index (χ3n) is 3.33. The maximum absolute atomic E-state index is 13.5. The van der Waals surface area contributed by atoms with Crippen LogP contribution in [0.25, 0.3) is 0 Å². The van der Waals surface area contributed by atoms with Crippen LogP contribution in [-0.4, -0.2) is 36.9 Å². The largest absolute Gasteiger partial charge is 0.450 e. The molecule has 1 atom stereocenters. The average Bonchev–Trinajstić information content (AvgIpc) is 2.44. The first-order valence-corrected chi connectivity index (χ1v) is 5.24. The van der Waals surface area contributed by atoms with E-state index in [1.807, 2.05) is 0 Å². The molecular formula is C10H16FNO2. The molecule has 1 saturated heterocycles. The van der Waals surface area contributed by atoms with E-state index >= 15 is 0 Å². The summed E-state index contributed by atoms with van der Waals surface area (Å²) in [6.07, 6.45) is 1.53. The van der Waals surface area contributed by atoms with E-state index in [0.717, 1.165) is 12.8 Å². The van der Waals surface area contributed by atoms with Crippen molar-refractivity contribution in [3.63, 3.8) is 0 Å². The standard InChI is InChI=1S/C10H16FNO2/c1-2-14-9(13)12-6-10(7-12)5-3-4-8(10)11/h8H,2-7H2,1H3. The summed E-state index contributed by atoms with van der Waals surface area (Å²) in [5.74, 6) is 0. The van der Waals surface area contributed by atoms with Crippen LogP contribution in [0.2, 0.25) is 0 Å². The smallest absolute Gasteiger partial charge is 0.409 e. The fraction of sp³-hybridized carbons (Fsp3) is 0.900. The minimum atomic E-state index is -0.715. The third kappa shape index (κ3) is 1.37. The van der Waals surface area contributed by atoms with Gasteiger partial charge >= 0.3 is 6.09 Å². The topological polar surface area (TPSA) is 29.5 Å². The number of alkyl halides is 1. The van der Waals surface area contributed by atoms with Gasteiger partial charge in [-0.15, -0.1) is 0 Å². The van der Waals surface area contributed by atoms with Gasteiger partial charge in [0.1, 0.15) is 6.17 Å². The number of hydrogen-bond acceptors (Lipinski definition) is 2. The Morgan fingerprint density at radius 1 is 1.64 bits per heavy atom. The van der Waals surface area contributed by atoms with Gasteiger partial charge in [0.2, 0.25) is 0 Å². The predicted octanol–water partition coefficient (Wildman–Crippen LogP) is 1.97. The monoisotopic (exact) mass is 201 g/mol. The summed E-state index contributed by atoms with van der Waals surface area (Å²) in [6, 6.07) is 0. The zero-order valence-corrected chi connectivity index (χ0v) is 8.46. The van der Waals surface area contributed by atoms with Gasteiger partial charge in [0.15, 0.2) is 0 Å². The molecular weight excluding hydrogens is 185 g/mol. The van der Waals surface area contributed by atoms with Gasteiger partial charge in [-0.1, -0.05) is 0 Å². The van der Waals surface area contributed by atoms with Crippen LogP contribution < -0.4 is 0 Å². The zero-order chi connectivity index (χ0) is 10.2. The van der Waals surface area contributed by atoms with Crippen molar-refractivity contribution in [2.75, 3.05) is 19.7 Å². The summed E-state index contributed by atoms with van der Waals surface area (Å²) < 4.78 is 18.3. The molecule has 1 saturated carbocycles. The Kier molecular flexibility index (Phi) is 2.37. The number of amides is 1. The Balaban J connectivity index is 1.86. The van der Waals surface area contributed by atoms with Gasteiger partial charge in [0.25, 0.3) is 0 Å². The number of carbonyl (C=O) groups excluding carboxylic acids is 1. The molecule has 0 aromatic heterocycles. The molecule has 2 fully saturated rings. The molecule has 1 spiro atoms. The Hall–Kier alpha value is -0.800. The van der Waals surface area contributed by atoms with Gasteiger partial charge in [-0.2, -0.15) is 0 Å². The highest BCUT2D eigenvalue weighted by Gasteiger charge is 2.53. The Bertz CT molecular complexity index is 238. The lowest BCUT2D eigenvalue weighted by Gasteiger charge is -2.48. The quantitative estimate of drug-likeness (QED) is 0.649. The molecule has 80 valence electrons. The van der Waals surface area contributed by atoms with E-state index in [9.17, 15) is 9.18 Å². The number of carbonyl (C=O) groups is 1. The molecule has 1 aliphatic heterocycles. The first-order valence-electron chi connectivity index (χ1n) is 5.24. The van der Waals surface area contributed by atoms with E-state index in [2.05, 4.69) is 0 Å². The van der Waals surface area contributed by atoms with Crippen molar-refractivity contribution in [1.82, 2.24) is 4.90 Å². The van der Waals surface area contributed by atoms with Gasteiger partial charge in [-0.3, -0.25) is 0 Å². The molecule has 0 bridgehead atoms. The highest BCUT2D eigenvalue weighted by Crippen LogP contribution is 2.47. The molecule has 0 N–H and O–H groups in total. The first kappa shape index (κ1) is 9.74. The molecule has 0 aromatic rings. The lowest BCUT2D eigenvalue weighted by Crippen LogP contribution is -2.60. The lowest BCUT2D eigenvalue weighted by atomic mass is 9.77. The van der Waals surface area contributed by atoms with Crippen molar-refractivity contribution in [2.45, 2.75) is 32.4 Å². The molecule has 4 heteroatoms. The number of ether oxygens (including phenoxy) is 1. The molecule has 2 aliphatic rings. The van der Waals surface area contributed by atoms with Crippen molar-refractivity contribution in [1.29, 1.82) is 0 Å². The SMILES string of the molecule is CCOC(=O)N1CC2(CCCC2F)C1. The van der Waals surface area contributed by atoms with Gasteiger partial charge in [0.05, 0.1) is 6.61 Å². The normalized spacial score (nSPS) is 29.0. The van der Waals surface area contributed by atoms with E-state index in [4.69, 9.17) is 4.74 Å². The molecule has 14 heavy (non-hydrogen) atoms. The molecule has 3 nitrogen and oxygen atoms in total. The van der Waals surface area contributed by atoms with Gasteiger partial charge in [-0.05, 0) is 26.2 Å². The van der Waals surface area contributed by atoms with Crippen molar-refractivity contribution < 1.29 is 13.9 Å². The Morgan fingerprint density at radius 2 is 2.36 bits per heavy atom. The van der Waals surface area contributed by atoms with Crippen molar-refractivity contribution in [3.8, 4) is 0 Å².